The standard InChI is InChI=1S/C12H12N2OS/c1-2-8-13-12-14(11(15)9-16-12)10-6-4-3-5-7-10/h2-7H,1,8-9H2. The minimum absolute atomic E-state index is 0.0824. The van der Waals surface area contributed by atoms with Gasteiger partial charge in [0, 0.05) is 0 Å². The van der Waals surface area contributed by atoms with Crippen LogP contribution in [0.3, 0.4) is 0 Å². The minimum atomic E-state index is 0.0824. The summed E-state index contributed by atoms with van der Waals surface area (Å²) in [6, 6.07) is 9.58. The van der Waals surface area contributed by atoms with E-state index in [1.54, 1.807) is 11.0 Å². The third-order valence-electron chi connectivity index (χ3n) is 2.14. The number of hydrogen-bond donors (Lipinski definition) is 0. The molecule has 0 spiro atoms. The topological polar surface area (TPSA) is 32.7 Å². The van der Waals surface area contributed by atoms with Crippen molar-refractivity contribution in [1.29, 1.82) is 0 Å². The number of thioether (sulfide) groups is 1. The molecule has 0 saturated carbocycles. The van der Waals surface area contributed by atoms with E-state index >= 15 is 0 Å². The molecule has 0 radical (unpaired) electrons. The van der Waals surface area contributed by atoms with Gasteiger partial charge in [0.15, 0.2) is 5.17 Å². The fourth-order valence-corrected chi connectivity index (χ4v) is 2.34. The van der Waals surface area contributed by atoms with Crippen molar-refractivity contribution in [1.82, 2.24) is 0 Å². The molecule has 1 aromatic carbocycles. The van der Waals surface area contributed by atoms with E-state index in [2.05, 4.69) is 11.6 Å². The number of carbonyl (C=O) groups is 1. The maximum Gasteiger partial charge on any atom is 0.243 e. The van der Waals surface area contributed by atoms with Crippen LogP contribution in [0.1, 0.15) is 0 Å². The second-order valence-electron chi connectivity index (χ2n) is 3.27. The Hall–Kier alpha value is -1.55. The molecule has 1 amide bonds. The Morgan fingerprint density at radius 3 is 2.88 bits per heavy atom. The molecule has 1 heterocycles. The van der Waals surface area contributed by atoms with Gasteiger partial charge < -0.3 is 0 Å². The zero-order valence-electron chi connectivity index (χ0n) is 8.80. The summed E-state index contributed by atoms with van der Waals surface area (Å²) in [5, 5.41) is 0.760. The number of nitrogens with zero attached hydrogens (tertiary/aromatic N) is 2. The summed E-state index contributed by atoms with van der Waals surface area (Å²) in [5.74, 6) is 0.546. The molecule has 3 nitrogen and oxygen atoms in total. The average Bonchev–Trinajstić information content (AvgIpc) is 2.69. The second kappa shape index (κ2) is 4.99. The van der Waals surface area contributed by atoms with Crippen LogP contribution in [0.15, 0.2) is 48.0 Å². The fraction of sp³-hybridized carbons (Fsp3) is 0.167. The van der Waals surface area contributed by atoms with Crippen LogP contribution in [0.4, 0.5) is 5.69 Å². The third kappa shape index (κ3) is 2.17. The lowest BCUT2D eigenvalue weighted by Crippen LogP contribution is -2.29. The molecular weight excluding hydrogens is 220 g/mol. The smallest absolute Gasteiger partial charge is 0.243 e. The first-order valence-corrected chi connectivity index (χ1v) is 5.97. The monoisotopic (exact) mass is 232 g/mol. The van der Waals surface area contributed by atoms with E-state index in [1.165, 1.54) is 11.8 Å². The van der Waals surface area contributed by atoms with E-state index in [0.717, 1.165) is 10.9 Å². The van der Waals surface area contributed by atoms with Gasteiger partial charge in [-0.1, -0.05) is 36.0 Å². The summed E-state index contributed by atoms with van der Waals surface area (Å²) < 4.78 is 0. The van der Waals surface area contributed by atoms with Gasteiger partial charge in [-0.25, -0.2) is 0 Å². The van der Waals surface area contributed by atoms with Crippen molar-refractivity contribution in [2.75, 3.05) is 17.2 Å². The fourth-order valence-electron chi connectivity index (χ4n) is 1.45. The Morgan fingerprint density at radius 1 is 1.44 bits per heavy atom. The molecule has 1 saturated heterocycles. The summed E-state index contributed by atoms with van der Waals surface area (Å²) in [6.07, 6.45) is 1.72. The predicted molar refractivity (Wildman–Crippen MR) is 68.9 cm³/mol. The first kappa shape index (κ1) is 11.0. The lowest BCUT2D eigenvalue weighted by atomic mass is 10.3. The van der Waals surface area contributed by atoms with E-state index in [-0.39, 0.29) is 5.91 Å². The molecule has 1 aliphatic rings. The lowest BCUT2D eigenvalue weighted by molar-refractivity contribution is -0.115. The molecule has 4 heteroatoms. The summed E-state index contributed by atoms with van der Waals surface area (Å²) in [5.41, 5.74) is 0.875. The molecular formula is C12H12N2OS. The van der Waals surface area contributed by atoms with Crippen molar-refractivity contribution < 1.29 is 4.79 Å². The van der Waals surface area contributed by atoms with Gasteiger partial charge in [-0.05, 0) is 12.1 Å². The number of para-hydroxylation sites is 1. The van der Waals surface area contributed by atoms with Crippen molar-refractivity contribution in [2.45, 2.75) is 0 Å². The summed E-state index contributed by atoms with van der Waals surface area (Å²) in [6.45, 7) is 4.16. The van der Waals surface area contributed by atoms with E-state index in [1.807, 2.05) is 30.3 Å². The molecule has 2 rings (SSSR count). The predicted octanol–water partition coefficient (Wildman–Crippen LogP) is 2.31. The Balaban J connectivity index is 2.29. The van der Waals surface area contributed by atoms with Crippen molar-refractivity contribution in [3.05, 3.63) is 43.0 Å². The van der Waals surface area contributed by atoms with Crippen molar-refractivity contribution >= 4 is 28.5 Å². The highest BCUT2D eigenvalue weighted by atomic mass is 32.2. The quantitative estimate of drug-likeness (QED) is 0.749. The van der Waals surface area contributed by atoms with Gasteiger partial charge in [0.1, 0.15) is 0 Å². The van der Waals surface area contributed by atoms with Crippen LogP contribution in [0.25, 0.3) is 0 Å². The molecule has 0 N–H and O–H groups in total. The summed E-state index contributed by atoms with van der Waals surface area (Å²) in [4.78, 5) is 17.7. The molecule has 0 bridgehead atoms. The van der Waals surface area contributed by atoms with Crippen molar-refractivity contribution in [3.8, 4) is 0 Å². The largest absolute Gasteiger partial charge is 0.273 e. The minimum Gasteiger partial charge on any atom is -0.273 e. The molecule has 1 aromatic rings. The SMILES string of the molecule is C=CCN=C1SCC(=O)N1c1ccccc1. The van der Waals surface area contributed by atoms with E-state index < -0.39 is 0 Å². The van der Waals surface area contributed by atoms with Gasteiger partial charge >= 0.3 is 0 Å². The number of hydrogen-bond acceptors (Lipinski definition) is 3. The number of aliphatic imine (C=N–C) groups is 1. The number of carbonyl (C=O) groups excluding carboxylic acids is 1. The Labute approximate surface area is 98.9 Å². The van der Waals surface area contributed by atoms with E-state index in [9.17, 15) is 4.79 Å². The summed E-state index contributed by atoms with van der Waals surface area (Å²) in [7, 11) is 0. The molecule has 16 heavy (non-hydrogen) atoms. The molecule has 1 aliphatic heterocycles. The van der Waals surface area contributed by atoms with Crippen LogP contribution in [0.2, 0.25) is 0 Å². The Morgan fingerprint density at radius 2 is 2.19 bits per heavy atom. The average molecular weight is 232 g/mol. The van der Waals surface area contributed by atoms with Crippen molar-refractivity contribution in [2.24, 2.45) is 4.99 Å². The van der Waals surface area contributed by atoms with Gasteiger partial charge in [0.05, 0.1) is 18.0 Å². The van der Waals surface area contributed by atoms with E-state index in [4.69, 9.17) is 0 Å². The zero-order chi connectivity index (χ0) is 11.4. The third-order valence-corrected chi connectivity index (χ3v) is 3.10. The first-order valence-electron chi connectivity index (χ1n) is 4.99. The number of anilines is 1. The van der Waals surface area contributed by atoms with Gasteiger partial charge in [-0.3, -0.25) is 14.7 Å². The van der Waals surface area contributed by atoms with Crippen LogP contribution in [0.5, 0.6) is 0 Å². The van der Waals surface area contributed by atoms with Gasteiger partial charge in [-0.2, -0.15) is 0 Å². The number of rotatable bonds is 3. The highest BCUT2D eigenvalue weighted by Gasteiger charge is 2.28. The zero-order valence-corrected chi connectivity index (χ0v) is 9.61. The second-order valence-corrected chi connectivity index (χ2v) is 4.21. The first-order chi connectivity index (χ1) is 7.83. The molecule has 0 aliphatic carbocycles. The van der Waals surface area contributed by atoms with Crippen LogP contribution in [0, 0.1) is 0 Å². The van der Waals surface area contributed by atoms with Crippen LogP contribution in [-0.4, -0.2) is 23.4 Å². The Kier molecular flexibility index (Phi) is 3.41. The molecule has 0 unspecified atom stereocenters. The highest BCUT2D eigenvalue weighted by Crippen LogP contribution is 2.26. The number of amidine groups is 1. The molecule has 0 aromatic heterocycles. The lowest BCUT2D eigenvalue weighted by Gasteiger charge is -2.15. The van der Waals surface area contributed by atoms with Crippen LogP contribution < -0.4 is 4.90 Å². The molecule has 82 valence electrons. The molecule has 0 atom stereocenters. The van der Waals surface area contributed by atoms with Gasteiger partial charge in [0.25, 0.3) is 0 Å². The van der Waals surface area contributed by atoms with Crippen LogP contribution in [-0.2, 0) is 4.79 Å². The maximum atomic E-state index is 11.7. The number of benzene rings is 1. The van der Waals surface area contributed by atoms with Crippen LogP contribution >= 0.6 is 11.8 Å². The highest BCUT2D eigenvalue weighted by molar-refractivity contribution is 8.15. The maximum absolute atomic E-state index is 11.7. The van der Waals surface area contributed by atoms with Gasteiger partial charge in [-0.15, -0.1) is 6.58 Å². The van der Waals surface area contributed by atoms with E-state index in [0.29, 0.717) is 12.3 Å². The summed E-state index contributed by atoms with van der Waals surface area (Å²) >= 11 is 1.47. The van der Waals surface area contributed by atoms with Gasteiger partial charge in [0.2, 0.25) is 5.91 Å². The normalized spacial score (nSPS) is 18.1. The number of amides is 1. The van der Waals surface area contributed by atoms with Crippen molar-refractivity contribution in [3.63, 3.8) is 0 Å². The Bertz CT molecular complexity index is 428. The molecule has 1 fully saturated rings.